The number of aromatic nitrogens is 2. The van der Waals surface area contributed by atoms with E-state index in [2.05, 4.69) is 20.4 Å². The summed E-state index contributed by atoms with van der Waals surface area (Å²) in [7, 11) is 0. The summed E-state index contributed by atoms with van der Waals surface area (Å²) < 4.78 is 11.2. The molecule has 0 unspecified atom stereocenters. The van der Waals surface area contributed by atoms with Crippen LogP contribution in [0.25, 0.3) is 0 Å². The maximum Gasteiger partial charge on any atom is 0.327 e. The fraction of sp³-hybridized carbons (Fsp3) is 0.192. The van der Waals surface area contributed by atoms with Crippen LogP contribution >= 0.6 is 11.6 Å². The van der Waals surface area contributed by atoms with Gasteiger partial charge in [0.2, 0.25) is 0 Å². The fourth-order valence-corrected chi connectivity index (χ4v) is 4.24. The maximum atomic E-state index is 12.9. The molecule has 5 rings (SSSR count). The van der Waals surface area contributed by atoms with Crippen LogP contribution in [0.1, 0.15) is 16.2 Å². The van der Waals surface area contributed by atoms with Crippen molar-refractivity contribution >= 4 is 46.3 Å². The van der Waals surface area contributed by atoms with E-state index in [1.54, 1.807) is 12.1 Å². The van der Waals surface area contributed by atoms with Gasteiger partial charge in [-0.3, -0.25) is 9.69 Å². The van der Waals surface area contributed by atoms with Crippen LogP contribution in [-0.2, 0) is 4.74 Å². The number of morpholine rings is 1. The Morgan fingerprint density at radius 2 is 1.74 bits per heavy atom. The Bertz CT molecular complexity index is 1320. The zero-order valence-electron chi connectivity index (χ0n) is 19.1. The maximum absolute atomic E-state index is 12.9. The Balaban J connectivity index is 1.37. The van der Waals surface area contributed by atoms with Gasteiger partial charge in [0.1, 0.15) is 0 Å². The topological polar surface area (TPSA) is 83.7 Å². The highest BCUT2D eigenvalue weighted by Gasteiger charge is 2.22. The summed E-state index contributed by atoms with van der Waals surface area (Å²) in [6, 6.07) is 23.2. The molecule has 1 aromatic heterocycles. The van der Waals surface area contributed by atoms with Crippen molar-refractivity contribution in [3.63, 3.8) is 0 Å². The smallest absolute Gasteiger partial charge is 0.327 e. The summed E-state index contributed by atoms with van der Waals surface area (Å²) in [4.78, 5) is 16.8. The second-order valence-corrected chi connectivity index (χ2v) is 8.53. The number of amides is 1. The fourth-order valence-electron chi connectivity index (χ4n) is 3.94. The minimum absolute atomic E-state index is 0.151. The van der Waals surface area contributed by atoms with E-state index in [-0.39, 0.29) is 11.9 Å². The van der Waals surface area contributed by atoms with Gasteiger partial charge in [0.25, 0.3) is 0 Å². The van der Waals surface area contributed by atoms with Crippen LogP contribution in [0.4, 0.5) is 28.8 Å². The summed E-state index contributed by atoms with van der Waals surface area (Å²) in [5.41, 5.74) is 4.20. The van der Waals surface area contributed by atoms with Gasteiger partial charge >= 0.3 is 17.8 Å². The van der Waals surface area contributed by atoms with Gasteiger partial charge in [-0.25, -0.2) is 0 Å². The summed E-state index contributed by atoms with van der Waals surface area (Å²) in [5, 5.41) is 11.5. The van der Waals surface area contributed by atoms with E-state index in [0.29, 0.717) is 23.9 Å². The standard InChI is InChI=1S/C26H24ClN5O3/c1-18-6-5-9-21(16-18)32(20-7-3-2-4-8-20)26-30-29-25(35-26)24(33)28-19-10-11-23(22(27)17-19)31-12-14-34-15-13-31/h2-11,16-17H,12-15H2,1H3,(H,28,33). The molecule has 4 aromatic rings. The summed E-state index contributed by atoms with van der Waals surface area (Å²) in [5.74, 6) is -0.668. The van der Waals surface area contributed by atoms with Crippen molar-refractivity contribution in [1.29, 1.82) is 0 Å². The molecular formula is C26H24ClN5O3. The lowest BCUT2D eigenvalue weighted by molar-refractivity contribution is 0.0991. The van der Waals surface area contributed by atoms with E-state index in [1.165, 1.54) is 0 Å². The Morgan fingerprint density at radius 1 is 0.971 bits per heavy atom. The number of nitrogens with one attached hydrogen (secondary N) is 1. The van der Waals surface area contributed by atoms with Crippen molar-refractivity contribution in [3.05, 3.63) is 89.3 Å². The number of halogens is 1. The second-order valence-electron chi connectivity index (χ2n) is 8.12. The highest BCUT2D eigenvalue weighted by Crippen LogP contribution is 2.34. The molecule has 0 aliphatic carbocycles. The Hall–Kier alpha value is -3.88. The van der Waals surface area contributed by atoms with E-state index in [4.69, 9.17) is 20.8 Å². The van der Waals surface area contributed by atoms with Gasteiger partial charge in [-0.1, -0.05) is 47.0 Å². The lowest BCUT2D eigenvalue weighted by Gasteiger charge is -2.29. The van der Waals surface area contributed by atoms with Crippen molar-refractivity contribution < 1.29 is 13.9 Å². The van der Waals surface area contributed by atoms with Crippen molar-refractivity contribution in [2.75, 3.05) is 41.4 Å². The van der Waals surface area contributed by atoms with Crippen LogP contribution in [0.2, 0.25) is 5.02 Å². The summed E-state index contributed by atoms with van der Waals surface area (Å²) in [6.45, 7) is 4.88. The number of rotatable bonds is 6. The molecular weight excluding hydrogens is 466 g/mol. The van der Waals surface area contributed by atoms with Crippen LogP contribution in [0, 0.1) is 6.92 Å². The number of benzene rings is 3. The third-order valence-electron chi connectivity index (χ3n) is 5.63. The lowest BCUT2D eigenvalue weighted by atomic mass is 10.2. The molecule has 1 aliphatic rings. The van der Waals surface area contributed by atoms with Crippen molar-refractivity contribution in [1.82, 2.24) is 10.2 Å². The van der Waals surface area contributed by atoms with Crippen LogP contribution < -0.4 is 15.1 Å². The average molecular weight is 490 g/mol. The van der Waals surface area contributed by atoms with Crippen LogP contribution in [0.3, 0.4) is 0 Å². The Morgan fingerprint density at radius 3 is 2.49 bits per heavy atom. The molecule has 178 valence electrons. The molecule has 9 heteroatoms. The second kappa shape index (κ2) is 10.2. The largest absolute Gasteiger partial charge is 0.398 e. The van der Waals surface area contributed by atoms with Crippen LogP contribution in [-0.4, -0.2) is 42.4 Å². The molecule has 0 radical (unpaired) electrons. The minimum atomic E-state index is -0.517. The van der Waals surface area contributed by atoms with Gasteiger partial charge < -0.3 is 19.4 Å². The summed E-state index contributed by atoms with van der Waals surface area (Å²) >= 11 is 6.49. The number of para-hydroxylation sites is 1. The molecule has 35 heavy (non-hydrogen) atoms. The zero-order valence-corrected chi connectivity index (χ0v) is 19.9. The van der Waals surface area contributed by atoms with Gasteiger partial charge in [-0.2, -0.15) is 0 Å². The molecule has 1 N–H and O–H groups in total. The van der Waals surface area contributed by atoms with Gasteiger partial charge in [-0.15, -0.1) is 5.10 Å². The molecule has 3 aromatic carbocycles. The molecule has 0 spiro atoms. The third kappa shape index (κ3) is 5.13. The van der Waals surface area contributed by atoms with Crippen molar-refractivity contribution in [3.8, 4) is 0 Å². The molecule has 1 aliphatic heterocycles. The van der Waals surface area contributed by atoms with Gasteiger partial charge in [0.05, 0.1) is 35.3 Å². The first-order chi connectivity index (χ1) is 17.1. The number of hydrogen-bond acceptors (Lipinski definition) is 7. The average Bonchev–Trinajstić information content (AvgIpc) is 3.35. The quantitative estimate of drug-likeness (QED) is 0.378. The van der Waals surface area contributed by atoms with Crippen molar-refractivity contribution in [2.24, 2.45) is 0 Å². The number of carbonyl (C=O) groups excluding carboxylic acids is 1. The first-order valence-electron chi connectivity index (χ1n) is 11.3. The monoisotopic (exact) mass is 489 g/mol. The molecule has 1 amide bonds. The molecule has 2 heterocycles. The van der Waals surface area contributed by atoms with E-state index >= 15 is 0 Å². The number of ether oxygens (including phenoxy) is 1. The normalized spacial score (nSPS) is 13.5. The Labute approximate surface area is 208 Å². The van der Waals surface area contributed by atoms with Crippen LogP contribution in [0.5, 0.6) is 0 Å². The molecule has 0 atom stereocenters. The number of carbonyl (C=O) groups is 1. The number of anilines is 5. The van der Waals surface area contributed by atoms with Gasteiger partial charge in [-0.05, 0) is 55.0 Å². The molecule has 0 saturated carbocycles. The van der Waals surface area contributed by atoms with E-state index in [0.717, 1.165) is 35.7 Å². The molecule has 1 fully saturated rings. The minimum Gasteiger partial charge on any atom is -0.398 e. The van der Waals surface area contributed by atoms with Gasteiger partial charge in [0, 0.05) is 18.8 Å². The number of nitrogens with zero attached hydrogens (tertiary/aromatic N) is 4. The van der Waals surface area contributed by atoms with Gasteiger partial charge in [0.15, 0.2) is 0 Å². The van der Waals surface area contributed by atoms with Crippen LogP contribution in [0.15, 0.2) is 77.2 Å². The SMILES string of the molecule is Cc1cccc(N(c2ccccc2)c2nnc(C(=O)Nc3ccc(N4CCOCC4)c(Cl)c3)o2)c1. The Kier molecular flexibility index (Phi) is 6.65. The molecule has 1 saturated heterocycles. The first-order valence-corrected chi connectivity index (χ1v) is 11.7. The number of aryl methyl sites for hydroxylation is 1. The molecule has 8 nitrogen and oxygen atoms in total. The first kappa shape index (κ1) is 22.9. The van der Waals surface area contributed by atoms with E-state index in [9.17, 15) is 4.79 Å². The van der Waals surface area contributed by atoms with E-state index in [1.807, 2.05) is 72.5 Å². The zero-order chi connectivity index (χ0) is 24.2. The highest BCUT2D eigenvalue weighted by molar-refractivity contribution is 6.33. The predicted octanol–water partition coefficient (Wildman–Crippen LogP) is 5.59. The predicted molar refractivity (Wildman–Crippen MR) is 136 cm³/mol. The third-order valence-corrected chi connectivity index (χ3v) is 5.93. The number of hydrogen-bond donors (Lipinski definition) is 1. The molecule has 0 bridgehead atoms. The van der Waals surface area contributed by atoms with Crippen molar-refractivity contribution in [2.45, 2.75) is 6.92 Å². The van der Waals surface area contributed by atoms with E-state index < -0.39 is 5.91 Å². The summed E-state index contributed by atoms with van der Waals surface area (Å²) in [6.07, 6.45) is 0. The highest BCUT2D eigenvalue weighted by atomic mass is 35.5. The lowest BCUT2D eigenvalue weighted by Crippen LogP contribution is -2.36.